The summed E-state index contributed by atoms with van der Waals surface area (Å²) >= 11 is 0. The fraction of sp³-hybridized carbons (Fsp3) is 0.400. The van der Waals surface area contributed by atoms with Crippen LogP contribution in [0, 0.1) is 6.92 Å². The van der Waals surface area contributed by atoms with Gasteiger partial charge in [0.05, 0.1) is 12.2 Å². The van der Waals surface area contributed by atoms with Gasteiger partial charge in [-0.05, 0) is 51.0 Å². The Labute approximate surface area is 169 Å². The molecule has 1 aliphatic rings. The monoisotopic (exact) mass is 399 g/mol. The second kappa shape index (κ2) is 9.22. The van der Waals surface area contributed by atoms with E-state index in [9.17, 15) is 9.59 Å². The summed E-state index contributed by atoms with van der Waals surface area (Å²) in [6, 6.07) is 8.45. The number of aromatic carboxylic acids is 1. The quantitative estimate of drug-likeness (QED) is 0.678. The molecule has 1 fully saturated rings. The van der Waals surface area contributed by atoms with E-state index >= 15 is 0 Å². The van der Waals surface area contributed by atoms with Crippen LogP contribution in [0.2, 0.25) is 0 Å². The van der Waals surface area contributed by atoms with Crippen LogP contribution in [-0.2, 0) is 4.74 Å². The van der Waals surface area contributed by atoms with Gasteiger partial charge in [-0.25, -0.2) is 14.6 Å². The van der Waals surface area contributed by atoms with Gasteiger partial charge in [-0.2, -0.15) is 4.98 Å². The second-order valence-electron chi connectivity index (χ2n) is 6.83. The molecule has 0 radical (unpaired) electrons. The first-order valence-corrected chi connectivity index (χ1v) is 9.59. The van der Waals surface area contributed by atoms with Crippen LogP contribution in [0.4, 0.5) is 22.2 Å². The Morgan fingerprint density at radius 1 is 1.21 bits per heavy atom. The topological polar surface area (TPSA) is 117 Å². The average molecular weight is 399 g/mol. The number of carboxylic acids is 1. The Morgan fingerprint density at radius 3 is 2.52 bits per heavy atom. The molecule has 1 aromatic carbocycles. The largest absolute Gasteiger partial charge is 0.478 e. The lowest BCUT2D eigenvalue weighted by Crippen LogP contribution is -2.42. The summed E-state index contributed by atoms with van der Waals surface area (Å²) in [6.45, 7) is 5.32. The number of piperidine rings is 1. The van der Waals surface area contributed by atoms with Crippen LogP contribution in [-0.4, -0.2) is 57.8 Å². The zero-order valence-electron chi connectivity index (χ0n) is 16.5. The minimum absolute atomic E-state index is 0.171. The van der Waals surface area contributed by atoms with E-state index < -0.39 is 5.97 Å². The Hall–Kier alpha value is -3.36. The molecule has 2 aromatic rings. The molecule has 3 rings (SSSR count). The molecule has 1 amide bonds. The highest BCUT2D eigenvalue weighted by molar-refractivity contribution is 5.88. The molecule has 0 spiro atoms. The number of nitrogens with zero attached hydrogens (tertiary/aromatic N) is 3. The van der Waals surface area contributed by atoms with E-state index in [2.05, 4.69) is 20.6 Å². The Morgan fingerprint density at radius 2 is 1.90 bits per heavy atom. The van der Waals surface area contributed by atoms with Gasteiger partial charge in [0.25, 0.3) is 0 Å². The van der Waals surface area contributed by atoms with Crippen molar-refractivity contribution in [1.82, 2.24) is 14.9 Å². The first kappa shape index (κ1) is 20.4. The van der Waals surface area contributed by atoms with Gasteiger partial charge < -0.3 is 25.4 Å². The molecule has 1 aromatic heterocycles. The van der Waals surface area contributed by atoms with Crippen LogP contribution >= 0.6 is 0 Å². The second-order valence-corrected chi connectivity index (χ2v) is 6.83. The number of hydrogen-bond donors (Lipinski definition) is 3. The van der Waals surface area contributed by atoms with Gasteiger partial charge in [-0.15, -0.1) is 0 Å². The van der Waals surface area contributed by atoms with Gasteiger partial charge in [0.2, 0.25) is 5.95 Å². The summed E-state index contributed by atoms with van der Waals surface area (Å²) in [5, 5.41) is 15.5. The van der Waals surface area contributed by atoms with Crippen molar-refractivity contribution in [2.75, 3.05) is 30.3 Å². The zero-order chi connectivity index (χ0) is 20.8. The third-order valence-corrected chi connectivity index (χ3v) is 4.61. The van der Waals surface area contributed by atoms with Crippen molar-refractivity contribution >= 4 is 29.5 Å². The van der Waals surface area contributed by atoms with E-state index in [0.29, 0.717) is 31.5 Å². The molecule has 0 saturated carbocycles. The Kier molecular flexibility index (Phi) is 6.48. The summed E-state index contributed by atoms with van der Waals surface area (Å²) in [4.78, 5) is 33.4. The number of carbonyl (C=O) groups is 2. The fourth-order valence-corrected chi connectivity index (χ4v) is 3.14. The number of aryl methyl sites for hydroxylation is 1. The van der Waals surface area contributed by atoms with Crippen LogP contribution in [0.5, 0.6) is 0 Å². The lowest BCUT2D eigenvalue weighted by molar-refractivity contribution is 0.0696. The molecule has 0 bridgehead atoms. The standard InChI is InChI=1S/C20H25N5O4/c1-3-29-20(28)25-10-8-16(9-11-25)23-19-21-13(2)12-17(24-19)22-15-6-4-14(5-7-15)18(26)27/h4-7,12,16H,3,8-11H2,1-2H3,(H,26,27)(H2,21,22,23,24). The highest BCUT2D eigenvalue weighted by Crippen LogP contribution is 2.20. The molecule has 1 saturated heterocycles. The van der Waals surface area contributed by atoms with Crippen LogP contribution < -0.4 is 10.6 Å². The lowest BCUT2D eigenvalue weighted by atomic mass is 10.1. The molecule has 2 heterocycles. The molecule has 9 nitrogen and oxygen atoms in total. The number of carboxylic acid groups (broad SMARTS) is 1. The highest BCUT2D eigenvalue weighted by atomic mass is 16.6. The first-order valence-electron chi connectivity index (χ1n) is 9.59. The van der Waals surface area contributed by atoms with Crippen LogP contribution in [0.25, 0.3) is 0 Å². The summed E-state index contributed by atoms with van der Waals surface area (Å²) in [5.74, 6) is 0.172. The van der Waals surface area contributed by atoms with Gasteiger partial charge in [-0.3, -0.25) is 0 Å². The third-order valence-electron chi connectivity index (χ3n) is 4.61. The van der Waals surface area contributed by atoms with Crippen LogP contribution in [0.1, 0.15) is 35.8 Å². The van der Waals surface area contributed by atoms with Crippen molar-refractivity contribution in [3.8, 4) is 0 Å². The van der Waals surface area contributed by atoms with Gasteiger partial charge in [0, 0.05) is 36.6 Å². The van der Waals surface area contributed by atoms with E-state index in [0.717, 1.165) is 24.2 Å². The summed E-state index contributed by atoms with van der Waals surface area (Å²) in [5.41, 5.74) is 1.77. The number of rotatable bonds is 6. The molecule has 3 N–H and O–H groups in total. The summed E-state index contributed by atoms with van der Waals surface area (Å²) < 4.78 is 5.04. The van der Waals surface area contributed by atoms with Crippen molar-refractivity contribution < 1.29 is 19.4 Å². The number of benzene rings is 1. The SMILES string of the molecule is CCOC(=O)N1CCC(Nc2nc(C)cc(Nc3ccc(C(=O)O)cc3)n2)CC1. The third kappa shape index (κ3) is 5.56. The van der Waals surface area contributed by atoms with Crippen LogP contribution in [0.3, 0.4) is 0 Å². The summed E-state index contributed by atoms with van der Waals surface area (Å²) in [6.07, 6.45) is 1.31. The molecule has 29 heavy (non-hydrogen) atoms. The zero-order valence-corrected chi connectivity index (χ0v) is 16.5. The van der Waals surface area contributed by atoms with Gasteiger partial charge in [-0.1, -0.05) is 0 Å². The molecular weight excluding hydrogens is 374 g/mol. The van der Waals surface area contributed by atoms with Crippen molar-refractivity contribution in [2.45, 2.75) is 32.7 Å². The van der Waals surface area contributed by atoms with Crippen LogP contribution in [0.15, 0.2) is 30.3 Å². The number of anilines is 3. The number of aromatic nitrogens is 2. The van der Waals surface area contributed by atoms with E-state index in [1.54, 1.807) is 24.0 Å². The maximum atomic E-state index is 11.8. The minimum Gasteiger partial charge on any atom is -0.478 e. The molecule has 9 heteroatoms. The van der Waals surface area contributed by atoms with Gasteiger partial charge in [0.15, 0.2) is 0 Å². The molecule has 0 aliphatic carbocycles. The predicted octanol–water partition coefficient (Wildman–Crippen LogP) is 3.26. The molecular formula is C20H25N5O4. The first-order chi connectivity index (χ1) is 13.9. The van der Waals surface area contributed by atoms with E-state index in [-0.39, 0.29) is 17.7 Å². The number of carbonyl (C=O) groups excluding carboxylic acids is 1. The fourth-order valence-electron chi connectivity index (χ4n) is 3.14. The van der Waals surface area contributed by atoms with Gasteiger partial charge in [0.1, 0.15) is 5.82 Å². The number of hydrogen-bond acceptors (Lipinski definition) is 7. The number of ether oxygens (including phenoxy) is 1. The van der Waals surface area contributed by atoms with Crippen molar-refractivity contribution in [2.24, 2.45) is 0 Å². The van der Waals surface area contributed by atoms with E-state index in [4.69, 9.17) is 9.84 Å². The number of likely N-dealkylation sites (tertiary alicyclic amines) is 1. The highest BCUT2D eigenvalue weighted by Gasteiger charge is 2.24. The van der Waals surface area contributed by atoms with Gasteiger partial charge >= 0.3 is 12.1 Å². The molecule has 0 unspecified atom stereocenters. The Balaban J connectivity index is 1.61. The predicted molar refractivity (Wildman–Crippen MR) is 109 cm³/mol. The van der Waals surface area contributed by atoms with Crippen molar-refractivity contribution in [3.63, 3.8) is 0 Å². The lowest BCUT2D eigenvalue weighted by Gasteiger charge is -2.31. The normalized spacial score (nSPS) is 14.3. The average Bonchev–Trinajstić information content (AvgIpc) is 2.68. The Bertz CT molecular complexity index is 864. The van der Waals surface area contributed by atoms with Crippen molar-refractivity contribution in [3.05, 3.63) is 41.6 Å². The van der Waals surface area contributed by atoms with Crippen molar-refractivity contribution in [1.29, 1.82) is 0 Å². The minimum atomic E-state index is -0.963. The maximum Gasteiger partial charge on any atom is 0.409 e. The smallest absolute Gasteiger partial charge is 0.409 e. The molecule has 0 atom stereocenters. The number of nitrogens with one attached hydrogen (secondary N) is 2. The maximum absolute atomic E-state index is 11.8. The molecule has 154 valence electrons. The summed E-state index contributed by atoms with van der Waals surface area (Å²) in [7, 11) is 0. The molecule has 1 aliphatic heterocycles. The van der Waals surface area contributed by atoms with E-state index in [1.165, 1.54) is 12.1 Å². The number of amides is 1. The van der Waals surface area contributed by atoms with E-state index in [1.807, 2.05) is 13.0 Å².